The summed E-state index contributed by atoms with van der Waals surface area (Å²) >= 11 is 2.78. The van der Waals surface area contributed by atoms with Crippen LogP contribution >= 0.6 is 15.9 Å². The second-order valence-electron chi connectivity index (χ2n) is 1.72. The Hall–Kier alpha value is -0.440. The maximum absolute atomic E-state index is 13.1. The molecular weight excluding hydrogens is 202 g/mol. The lowest BCUT2D eigenvalue weighted by molar-refractivity contribution is 0.564. The fourth-order valence-electron chi connectivity index (χ4n) is 0.527. The fourth-order valence-corrected chi connectivity index (χ4v) is 0.857. The Morgan fingerprint density at radius 2 is 2.20 bits per heavy atom. The molecule has 1 rings (SSSR count). The van der Waals surface area contributed by atoms with Gasteiger partial charge in [-0.1, -0.05) is 0 Å². The number of halogens is 3. The van der Waals surface area contributed by atoms with Crippen LogP contribution in [0.3, 0.4) is 0 Å². The number of rotatable bonds is 0. The summed E-state index contributed by atoms with van der Waals surface area (Å²) in [5, 5.41) is 0. The average molecular weight is 210 g/mol. The van der Waals surface area contributed by atoms with E-state index in [9.17, 15) is 8.78 Å². The molecule has 0 nitrogen and oxygen atoms in total. The van der Waals surface area contributed by atoms with E-state index >= 15 is 0 Å². The number of hydrogen-bond donors (Lipinski definition) is 0. The van der Waals surface area contributed by atoms with Crippen molar-refractivity contribution < 1.29 is 12.9 Å². The van der Waals surface area contributed by atoms with Crippen LogP contribution in [-0.2, 0) is 0 Å². The molecule has 0 saturated heterocycles. The molecule has 10 heavy (non-hydrogen) atoms. The fraction of sp³-hybridized carbons (Fsp3) is 0.143. The van der Waals surface area contributed by atoms with Gasteiger partial charge in [-0.2, -0.15) is 0 Å². The second-order valence-corrected chi connectivity index (χ2v) is 2.57. The minimum atomic E-state index is -2.77. The smallest absolute Gasteiger partial charge is 0.143 e. The summed E-state index contributed by atoms with van der Waals surface area (Å²) in [6.45, 7) is -2.77. The van der Waals surface area contributed by atoms with Gasteiger partial charge >= 0.3 is 0 Å². The van der Waals surface area contributed by atoms with Gasteiger partial charge in [0.2, 0.25) is 0 Å². The third kappa shape index (κ3) is 1.19. The Labute approximate surface area is 70.2 Å². The molecule has 0 aliphatic carbocycles. The zero-order valence-electron chi connectivity index (χ0n) is 7.79. The van der Waals surface area contributed by atoms with Crippen LogP contribution in [0, 0.1) is 18.5 Å². The first kappa shape index (κ1) is 4.44. The SMILES string of the molecule is [2H]C([2H])([2H])c1c(F)ccc(Br)c1F. The Morgan fingerprint density at radius 1 is 1.50 bits per heavy atom. The van der Waals surface area contributed by atoms with Gasteiger partial charge in [0, 0.05) is 9.68 Å². The molecule has 0 fully saturated rings. The summed E-state index contributed by atoms with van der Waals surface area (Å²) in [4.78, 5) is 0. The van der Waals surface area contributed by atoms with Crippen LogP contribution < -0.4 is 0 Å². The molecule has 1 aromatic rings. The maximum Gasteiger partial charge on any atom is 0.143 e. The van der Waals surface area contributed by atoms with E-state index in [0.717, 1.165) is 12.1 Å². The van der Waals surface area contributed by atoms with Gasteiger partial charge in [0.15, 0.2) is 0 Å². The van der Waals surface area contributed by atoms with E-state index in [1.807, 2.05) is 0 Å². The van der Waals surface area contributed by atoms with Crippen molar-refractivity contribution in [3.8, 4) is 0 Å². The topological polar surface area (TPSA) is 0 Å². The zero-order valence-corrected chi connectivity index (χ0v) is 6.37. The Bertz CT molecular complexity index is 335. The molecule has 0 N–H and O–H groups in total. The van der Waals surface area contributed by atoms with Crippen molar-refractivity contribution in [1.29, 1.82) is 0 Å². The van der Waals surface area contributed by atoms with E-state index in [2.05, 4.69) is 15.9 Å². The summed E-state index contributed by atoms with van der Waals surface area (Å²) in [6, 6.07) is 2.04. The molecule has 0 unspecified atom stereocenters. The summed E-state index contributed by atoms with van der Waals surface area (Å²) in [5.41, 5.74) is -0.873. The van der Waals surface area contributed by atoms with Gasteiger partial charge in [-0.3, -0.25) is 0 Å². The van der Waals surface area contributed by atoms with Crippen LogP contribution in [0.5, 0.6) is 0 Å². The van der Waals surface area contributed by atoms with Crippen molar-refractivity contribution in [3.05, 3.63) is 33.8 Å². The molecular formula is C7H5BrF2. The molecule has 54 valence electrons. The van der Waals surface area contributed by atoms with Crippen molar-refractivity contribution in [3.63, 3.8) is 0 Å². The third-order valence-electron chi connectivity index (χ3n) is 1.04. The van der Waals surface area contributed by atoms with Crippen LogP contribution in [0.15, 0.2) is 16.6 Å². The van der Waals surface area contributed by atoms with Crippen molar-refractivity contribution in [2.24, 2.45) is 0 Å². The van der Waals surface area contributed by atoms with Crippen LogP contribution in [0.25, 0.3) is 0 Å². The lowest BCUT2D eigenvalue weighted by Gasteiger charge is -1.98. The molecule has 0 saturated carbocycles. The highest BCUT2D eigenvalue weighted by molar-refractivity contribution is 9.10. The molecule has 0 heterocycles. The third-order valence-corrected chi connectivity index (χ3v) is 1.66. The number of benzene rings is 1. The molecule has 0 aromatic heterocycles. The predicted octanol–water partition coefficient (Wildman–Crippen LogP) is 3.04. The average Bonchev–Trinajstić information content (AvgIpc) is 1.95. The summed E-state index contributed by atoms with van der Waals surface area (Å²) in [6.07, 6.45) is 0. The first-order valence-electron chi connectivity index (χ1n) is 3.98. The normalized spacial score (nSPS) is 15.7. The van der Waals surface area contributed by atoms with Gasteiger partial charge < -0.3 is 0 Å². The predicted molar refractivity (Wildman–Crippen MR) is 38.8 cm³/mol. The van der Waals surface area contributed by atoms with Gasteiger partial charge in [0.1, 0.15) is 11.6 Å². The van der Waals surface area contributed by atoms with E-state index < -0.39 is 24.0 Å². The first-order valence-corrected chi connectivity index (χ1v) is 3.27. The van der Waals surface area contributed by atoms with E-state index in [1.54, 1.807) is 0 Å². The summed E-state index contributed by atoms with van der Waals surface area (Å²) in [5.74, 6) is -2.12. The summed E-state index contributed by atoms with van der Waals surface area (Å²) < 4.78 is 46.6. The van der Waals surface area contributed by atoms with Crippen LogP contribution in [0.2, 0.25) is 0 Å². The maximum atomic E-state index is 13.1. The molecule has 0 atom stereocenters. The quantitative estimate of drug-likeness (QED) is 0.577. The Kier molecular flexibility index (Phi) is 1.18. The van der Waals surface area contributed by atoms with Crippen molar-refractivity contribution in [2.75, 3.05) is 0 Å². The van der Waals surface area contributed by atoms with Crippen LogP contribution in [0.1, 0.15) is 9.68 Å². The van der Waals surface area contributed by atoms with Gasteiger partial charge in [-0.15, -0.1) is 0 Å². The Morgan fingerprint density at radius 3 is 2.70 bits per heavy atom. The largest absolute Gasteiger partial charge is 0.207 e. The molecule has 0 bridgehead atoms. The van der Waals surface area contributed by atoms with Crippen molar-refractivity contribution in [2.45, 2.75) is 6.85 Å². The minimum absolute atomic E-state index is 0.0555. The van der Waals surface area contributed by atoms with E-state index in [1.165, 1.54) is 0 Å². The minimum Gasteiger partial charge on any atom is -0.207 e. The summed E-state index contributed by atoms with van der Waals surface area (Å²) in [7, 11) is 0. The van der Waals surface area contributed by atoms with Gasteiger partial charge in [0.05, 0.1) is 4.47 Å². The number of hydrogen-bond acceptors (Lipinski definition) is 0. The van der Waals surface area contributed by atoms with Crippen molar-refractivity contribution in [1.82, 2.24) is 0 Å². The highest BCUT2D eigenvalue weighted by Crippen LogP contribution is 2.19. The molecule has 3 heteroatoms. The lowest BCUT2D eigenvalue weighted by atomic mass is 10.2. The van der Waals surface area contributed by atoms with Crippen LogP contribution in [-0.4, -0.2) is 0 Å². The van der Waals surface area contributed by atoms with Gasteiger partial charge in [0.25, 0.3) is 0 Å². The highest BCUT2D eigenvalue weighted by Gasteiger charge is 2.05. The van der Waals surface area contributed by atoms with Crippen LogP contribution in [0.4, 0.5) is 8.78 Å². The molecule has 1 aromatic carbocycles. The van der Waals surface area contributed by atoms with E-state index in [4.69, 9.17) is 4.11 Å². The zero-order chi connectivity index (χ0) is 10.2. The van der Waals surface area contributed by atoms with Gasteiger partial charge in [-0.25, -0.2) is 8.78 Å². The molecule has 0 spiro atoms. The monoisotopic (exact) mass is 209 g/mol. The molecule has 0 radical (unpaired) electrons. The Balaban J connectivity index is 3.43. The molecule has 0 aliphatic heterocycles. The van der Waals surface area contributed by atoms with E-state index in [0.29, 0.717) is 0 Å². The van der Waals surface area contributed by atoms with Crippen molar-refractivity contribution >= 4 is 15.9 Å². The first-order chi connectivity index (χ1) is 5.84. The second kappa shape index (κ2) is 2.66. The molecule has 0 amide bonds. The lowest BCUT2D eigenvalue weighted by Crippen LogP contribution is -1.88. The van der Waals surface area contributed by atoms with E-state index in [-0.39, 0.29) is 4.47 Å². The van der Waals surface area contributed by atoms with Gasteiger partial charge in [-0.05, 0) is 34.9 Å². The highest BCUT2D eigenvalue weighted by atomic mass is 79.9. The molecule has 0 aliphatic rings. The standard InChI is InChI=1S/C7H5BrF2/c1-4-6(9)3-2-5(8)7(4)10/h2-3H,1H3/i1D3.